The van der Waals surface area contributed by atoms with Gasteiger partial charge in [-0.05, 0) is 48.0 Å². The molecule has 3 aromatic rings. The number of nitrogens with zero attached hydrogens (tertiary/aromatic N) is 1. The topological polar surface area (TPSA) is 115 Å². The van der Waals surface area contributed by atoms with E-state index in [1.807, 2.05) is 0 Å². The fourth-order valence-electron chi connectivity index (χ4n) is 3.55. The van der Waals surface area contributed by atoms with Gasteiger partial charge in [0.1, 0.15) is 18.2 Å². The van der Waals surface area contributed by atoms with Gasteiger partial charge in [0, 0.05) is 29.4 Å². The van der Waals surface area contributed by atoms with Gasteiger partial charge in [0.2, 0.25) is 10.0 Å². The standard InChI is InChI=1S/C23H20ClFN2O6S/c24-17-4-3-16(20(25)10-17)13-32-18-5-7-19(8-6-18)34(30,31)27-23(22(28)29)11-21(33-14-23)15-2-1-9-26-12-15/h1-10,12,21,27H,11,13-14H2,(H,28,29). The van der Waals surface area contributed by atoms with Crippen molar-refractivity contribution >= 4 is 27.6 Å². The molecule has 2 unspecified atom stereocenters. The number of benzene rings is 2. The van der Waals surface area contributed by atoms with Gasteiger partial charge in [-0.2, -0.15) is 4.72 Å². The predicted molar refractivity (Wildman–Crippen MR) is 120 cm³/mol. The van der Waals surface area contributed by atoms with E-state index in [4.69, 9.17) is 21.1 Å². The van der Waals surface area contributed by atoms with Crippen LogP contribution in [0.15, 0.2) is 71.9 Å². The third-order valence-corrected chi connectivity index (χ3v) is 7.19. The number of carboxylic acid groups (broad SMARTS) is 1. The Balaban J connectivity index is 1.46. The first-order valence-corrected chi connectivity index (χ1v) is 12.0. The minimum absolute atomic E-state index is 0.0808. The quantitative estimate of drug-likeness (QED) is 0.478. The highest BCUT2D eigenvalue weighted by Crippen LogP contribution is 2.36. The lowest BCUT2D eigenvalue weighted by Crippen LogP contribution is -2.55. The monoisotopic (exact) mass is 506 g/mol. The Morgan fingerprint density at radius 3 is 2.68 bits per heavy atom. The van der Waals surface area contributed by atoms with Gasteiger partial charge < -0.3 is 14.6 Å². The molecule has 0 spiro atoms. The van der Waals surface area contributed by atoms with Crippen LogP contribution in [0.3, 0.4) is 0 Å². The average molecular weight is 507 g/mol. The molecular weight excluding hydrogens is 487 g/mol. The van der Waals surface area contributed by atoms with E-state index in [1.54, 1.807) is 24.5 Å². The SMILES string of the molecule is O=C(O)C1(NS(=O)(=O)c2ccc(OCc3ccc(Cl)cc3F)cc2)COC(c2cccnc2)C1. The Morgan fingerprint density at radius 1 is 1.26 bits per heavy atom. The molecule has 0 saturated carbocycles. The molecule has 178 valence electrons. The van der Waals surface area contributed by atoms with Crippen molar-refractivity contribution in [2.75, 3.05) is 6.61 Å². The van der Waals surface area contributed by atoms with Crippen LogP contribution < -0.4 is 9.46 Å². The molecule has 1 aliphatic heterocycles. The Kier molecular flexibility index (Phi) is 6.85. The first-order valence-electron chi connectivity index (χ1n) is 10.1. The van der Waals surface area contributed by atoms with Crippen LogP contribution in [-0.2, 0) is 26.2 Å². The van der Waals surface area contributed by atoms with Gasteiger partial charge in [0.25, 0.3) is 0 Å². The minimum atomic E-state index is -4.20. The van der Waals surface area contributed by atoms with Crippen molar-refractivity contribution in [3.8, 4) is 5.75 Å². The van der Waals surface area contributed by atoms with Gasteiger partial charge in [0.05, 0.1) is 17.6 Å². The number of nitrogens with one attached hydrogen (secondary N) is 1. The molecule has 0 amide bonds. The van der Waals surface area contributed by atoms with Crippen molar-refractivity contribution in [3.05, 3.63) is 89.0 Å². The molecule has 0 radical (unpaired) electrons. The number of sulfonamides is 1. The van der Waals surface area contributed by atoms with Crippen LogP contribution in [-0.4, -0.2) is 36.6 Å². The van der Waals surface area contributed by atoms with Crippen molar-refractivity contribution in [2.45, 2.75) is 29.6 Å². The van der Waals surface area contributed by atoms with Gasteiger partial charge in [-0.25, -0.2) is 12.8 Å². The molecule has 0 aliphatic carbocycles. The maximum absolute atomic E-state index is 13.9. The molecule has 2 N–H and O–H groups in total. The van der Waals surface area contributed by atoms with Crippen LogP contribution >= 0.6 is 11.6 Å². The molecule has 2 heterocycles. The first-order chi connectivity index (χ1) is 16.2. The molecule has 34 heavy (non-hydrogen) atoms. The largest absolute Gasteiger partial charge is 0.489 e. The maximum Gasteiger partial charge on any atom is 0.327 e. The van der Waals surface area contributed by atoms with Crippen LogP contribution in [0.1, 0.15) is 23.7 Å². The lowest BCUT2D eigenvalue weighted by Gasteiger charge is -2.24. The molecule has 2 atom stereocenters. The number of pyridine rings is 1. The zero-order valence-electron chi connectivity index (χ0n) is 17.6. The predicted octanol–water partition coefficient (Wildman–Crippen LogP) is 3.72. The highest BCUT2D eigenvalue weighted by molar-refractivity contribution is 7.89. The molecule has 1 fully saturated rings. The van der Waals surface area contributed by atoms with E-state index in [0.717, 1.165) is 0 Å². The molecule has 1 saturated heterocycles. The van der Waals surface area contributed by atoms with E-state index in [9.17, 15) is 22.7 Å². The van der Waals surface area contributed by atoms with E-state index in [2.05, 4.69) is 9.71 Å². The molecule has 1 aliphatic rings. The summed E-state index contributed by atoms with van der Waals surface area (Å²) in [6.45, 7) is -0.419. The Bertz CT molecular complexity index is 1290. The molecule has 8 nitrogen and oxygen atoms in total. The van der Waals surface area contributed by atoms with Gasteiger partial charge in [0.15, 0.2) is 5.54 Å². The minimum Gasteiger partial charge on any atom is -0.489 e. The molecule has 1 aromatic heterocycles. The number of rotatable bonds is 8. The van der Waals surface area contributed by atoms with Crippen molar-refractivity contribution in [1.29, 1.82) is 0 Å². The van der Waals surface area contributed by atoms with Crippen LogP contribution in [0, 0.1) is 5.82 Å². The summed E-state index contributed by atoms with van der Waals surface area (Å²) in [6.07, 6.45) is 2.41. The highest BCUT2D eigenvalue weighted by Gasteiger charge is 2.50. The Hall–Kier alpha value is -3.05. The van der Waals surface area contributed by atoms with E-state index in [1.165, 1.54) is 42.5 Å². The van der Waals surface area contributed by atoms with Gasteiger partial charge in [-0.15, -0.1) is 0 Å². The average Bonchev–Trinajstić information content (AvgIpc) is 3.24. The summed E-state index contributed by atoms with van der Waals surface area (Å²) in [7, 11) is -4.20. The van der Waals surface area contributed by atoms with Crippen molar-refractivity contribution in [1.82, 2.24) is 9.71 Å². The summed E-state index contributed by atoms with van der Waals surface area (Å²) in [4.78, 5) is 15.9. The maximum atomic E-state index is 13.9. The van der Waals surface area contributed by atoms with E-state index >= 15 is 0 Å². The summed E-state index contributed by atoms with van der Waals surface area (Å²) in [5, 5.41) is 10.1. The summed E-state index contributed by atoms with van der Waals surface area (Å²) in [5.41, 5.74) is -0.889. The Labute approximate surface area is 200 Å². The van der Waals surface area contributed by atoms with Crippen molar-refractivity contribution in [3.63, 3.8) is 0 Å². The van der Waals surface area contributed by atoms with Crippen LogP contribution in [0.25, 0.3) is 0 Å². The van der Waals surface area contributed by atoms with Crippen LogP contribution in [0.5, 0.6) is 5.75 Å². The number of halogens is 2. The van der Waals surface area contributed by atoms with Gasteiger partial charge in [-0.1, -0.05) is 23.7 Å². The van der Waals surface area contributed by atoms with Crippen molar-refractivity contribution in [2.24, 2.45) is 0 Å². The van der Waals surface area contributed by atoms with Crippen LogP contribution in [0.2, 0.25) is 5.02 Å². The lowest BCUT2D eigenvalue weighted by molar-refractivity contribution is -0.144. The summed E-state index contributed by atoms with van der Waals surface area (Å²) in [6, 6.07) is 13.0. The number of ether oxygens (including phenoxy) is 2. The van der Waals surface area contributed by atoms with E-state index < -0.39 is 33.5 Å². The van der Waals surface area contributed by atoms with E-state index in [0.29, 0.717) is 11.3 Å². The fraction of sp³-hybridized carbons (Fsp3) is 0.217. The summed E-state index contributed by atoms with van der Waals surface area (Å²) in [5.74, 6) is -1.55. The highest BCUT2D eigenvalue weighted by atomic mass is 35.5. The number of hydrogen-bond donors (Lipinski definition) is 2. The molecule has 2 aromatic carbocycles. The second-order valence-corrected chi connectivity index (χ2v) is 9.90. The number of carbonyl (C=O) groups is 1. The number of aromatic nitrogens is 1. The van der Waals surface area contributed by atoms with E-state index in [-0.39, 0.29) is 35.1 Å². The smallest absolute Gasteiger partial charge is 0.327 e. The van der Waals surface area contributed by atoms with Crippen LogP contribution in [0.4, 0.5) is 4.39 Å². The second-order valence-electron chi connectivity index (χ2n) is 7.78. The number of aliphatic carboxylic acids is 1. The third-order valence-electron chi connectivity index (χ3n) is 5.40. The van der Waals surface area contributed by atoms with Gasteiger partial charge in [-0.3, -0.25) is 9.78 Å². The summed E-state index contributed by atoms with van der Waals surface area (Å²) >= 11 is 5.73. The Morgan fingerprint density at radius 2 is 2.03 bits per heavy atom. The third kappa shape index (κ3) is 5.20. The molecule has 11 heteroatoms. The zero-order chi connectivity index (χ0) is 24.3. The fourth-order valence-corrected chi connectivity index (χ4v) is 5.07. The summed E-state index contributed by atoms with van der Waals surface area (Å²) < 4.78 is 53.2. The van der Waals surface area contributed by atoms with Crippen molar-refractivity contribution < 1.29 is 32.2 Å². The normalized spacial score (nSPS) is 20.2. The molecular formula is C23H20ClFN2O6S. The number of carboxylic acids is 1. The first kappa shape index (κ1) is 24.1. The molecule has 4 rings (SSSR count). The van der Waals surface area contributed by atoms with Gasteiger partial charge >= 0.3 is 5.97 Å². The lowest BCUT2D eigenvalue weighted by atomic mass is 9.95. The number of hydrogen-bond acceptors (Lipinski definition) is 6. The molecule has 0 bridgehead atoms. The second kappa shape index (κ2) is 9.67. The zero-order valence-corrected chi connectivity index (χ0v) is 19.2.